The third-order valence-electron chi connectivity index (χ3n) is 2.33. The first-order chi connectivity index (χ1) is 9.41. The van der Waals surface area contributed by atoms with Crippen LogP contribution in [0.2, 0.25) is 0 Å². The van der Waals surface area contributed by atoms with Gasteiger partial charge in [0.1, 0.15) is 6.33 Å². The number of hydrogen-bond acceptors (Lipinski definition) is 4. The summed E-state index contributed by atoms with van der Waals surface area (Å²) in [5.41, 5.74) is -0.696. The summed E-state index contributed by atoms with van der Waals surface area (Å²) < 4.78 is 43.9. The van der Waals surface area contributed by atoms with Crippen LogP contribution in [-0.2, 0) is 6.18 Å². The number of terminal acetylenes is 1. The van der Waals surface area contributed by atoms with Crippen LogP contribution in [0.3, 0.4) is 0 Å². The lowest BCUT2D eigenvalue weighted by Gasteiger charge is -2.05. The van der Waals surface area contributed by atoms with E-state index in [4.69, 9.17) is 11.2 Å². The lowest BCUT2D eigenvalue weighted by molar-refractivity contribution is -0.141. The lowest BCUT2D eigenvalue weighted by Crippen LogP contribution is -2.08. The molecule has 2 aromatic rings. The summed E-state index contributed by atoms with van der Waals surface area (Å²) in [5.74, 6) is 2.59. The monoisotopic (exact) mass is 282 g/mol. The zero-order valence-corrected chi connectivity index (χ0v) is 10.3. The number of aromatic nitrogens is 4. The predicted octanol–water partition coefficient (Wildman–Crippen LogP) is 2.00. The first kappa shape index (κ1) is 13.9. The number of rotatable bonds is 3. The molecule has 0 amide bonds. The highest BCUT2D eigenvalue weighted by Gasteiger charge is 2.34. The SMILES string of the molecule is C#CCOc1cc(-n2nc(C(F)(F)F)cc2C)ncn1. The van der Waals surface area contributed by atoms with Crippen LogP contribution in [0.5, 0.6) is 5.88 Å². The Labute approximate surface area is 112 Å². The summed E-state index contributed by atoms with van der Waals surface area (Å²) in [5, 5.41) is 3.48. The number of nitrogens with zero attached hydrogens (tertiary/aromatic N) is 4. The molecule has 0 bridgehead atoms. The summed E-state index contributed by atoms with van der Waals surface area (Å²) in [4.78, 5) is 7.66. The van der Waals surface area contributed by atoms with E-state index in [0.717, 1.165) is 17.1 Å². The molecule has 0 aliphatic heterocycles. The van der Waals surface area contributed by atoms with Crippen LogP contribution in [0, 0.1) is 19.3 Å². The molecule has 0 spiro atoms. The highest BCUT2D eigenvalue weighted by molar-refractivity contribution is 5.29. The largest absolute Gasteiger partial charge is 0.464 e. The third kappa shape index (κ3) is 2.88. The average molecular weight is 282 g/mol. The minimum atomic E-state index is -4.51. The number of ether oxygens (including phenoxy) is 1. The summed E-state index contributed by atoms with van der Waals surface area (Å²) in [7, 11) is 0. The molecule has 104 valence electrons. The van der Waals surface area contributed by atoms with E-state index in [1.807, 2.05) is 0 Å². The highest BCUT2D eigenvalue weighted by Crippen LogP contribution is 2.29. The number of alkyl halides is 3. The molecule has 0 N–H and O–H groups in total. The van der Waals surface area contributed by atoms with Crippen molar-refractivity contribution in [2.24, 2.45) is 0 Å². The fourth-order valence-corrected chi connectivity index (χ4v) is 1.49. The van der Waals surface area contributed by atoms with Crippen molar-refractivity contribution in [1.29, 1.82) is 0 Å². The van der Waals surface area contributed by atoms with E-state index in [9.17, 15) is 13.2 Å². The zero-order chi connectivity index (χ0) is 14.8. The summed E-state index contributed by atoms with van der Waals surface area (Å²) in [6.07, 6.45) is 1.69. The number of halogens is 3. The molecule has 0 saturated heterocycles. The first-order valence-electron chi connectivity index (χ1n) is 5.44. The molecule has 0 aromatic carbocycles. The normalized spacial score (nSPS) is 11.2. The molecular weight excluding hydrogens is 273 g/mol. The molecule has 0 saturated carbocycles. The molecule has 0 unspecified atom stereocenters. The number of aryl methyl sites for hydroxylation is 1. The van der Waals surface area contributed by atoms with Crippen LogP contribution in [0.1, 0.15) is 11.4 Å². The fourth-order valence-electron chi connectivity index (χ4n) is 1.49. The van der Waals surface area contributed by atoms with E-state index < -0.39 is 11.9 Å². The van der Waals surface area contributed by atoms with E-state index in [1.54, 1.807) is 0 Å². The van der Waals surface area contributed by atoms with Crippen molar-refractivity contribution in [3.8, 4) is 24.0 Å². The van der Waals surface area contributed by atoms with Crippen LogP contribution < -0.4 is 4.74 Å². The molecule has 5 nitrogen and oxygen atoms in total. The molecule has 0 atom stereocenters. The van der Waals surface area contributed by atoms with Crippen molar-refractivity contribution in [3.63, 3.8) is 0 Å². The van der Waals surface area contributed by atoms with Gasteiger partial charge in [0.05, 0.1) is 0 Å². The zero-order valence-electron chi connectivity index (χ0n) is 10.3. The minimum absolute atomic E-state index is 0.00233. The van der Waals surface area contributed by atoms with Gasteiger partial charge < -0.3 is 4.74 Å². The van der Waals surface area contributed by atoms with Crippen LogP contribution in [0.25, 0.3) is 5.82 Å². The van der Waals surface area contributed by atoms with Crippen molar-refractivity contribution in [2.45, 2.75) is 13.1 Å². The average Bonchev–Trinajstić information content (AvgIpc) is 2.79. The van der Waals surface area contributed by atoms with Crippen LogP contribution >= 0.6 is 0 Å². The van der Waals surface area contributed by atoms with E-state index in [-0.39, 0.29) is 18.3 Å². The molecule has 0 radical (unpaired) electrons. The second-order valence-corrected chi connectivity index (χ2v) is 3.79. The van der Waals surface area contributed by atoms with Gasteiger partial charge in [-0.05, 0) is 13.0 Å². The smallest absolute Gasteiger partial charge is 0.435 e. The number of hydrogen-bond donors (Lipinski definition) is 0. The van der Waals surface area contributed by atoms with Gasteiger partial charge in [0.15, 0.2) is 18.1 Å². The van der Waals surface area contributed by atoms with Crippen LogP contribution in [-0.4, -0.2) is 26.4 Å². The van der Waals surface area contributed by atoms with Gasteiger partial charge in [-0.2, -0.15) is 18.3 Å². The Morgan fingerprint density at radius 3 is 2.70 bits per heavy atom. The van der Waals surface area contributed by atoms with Gasteiger partial charge in [0.25, 0.3) is 0 Å². The molecule has 2 heterocycles. The third-order valence-corrected chi connectivity index (χ3v) is 2.33. The molecule has 2 aromatic heterocycles. The van der Waals surface area contributed by atoms with Crippen LogP contribution in [0.15, 0.2) is 18.5 Å². The maximum Gasteiger partial charge on any atom is 0.435 e. The van der Waals surface area contributed by atoms with Crippen molar-refractivity contribution in [1.82, 2.24) is 19.7 Å². The Balaban J connectivity index is 2.37. The van der Waals surface area contributed by atoms with E-state index >= 15 is 0 Å². The maximum absolute atomic E-state index is 12.6. The summed E-state index contributed by atoms with van der Waals surface area (Å²) in [6, 6.07) is 2.29. The van der Waals surface area contributed by atoms with Gasteiger partial charge in [0, 0.05) is 11.8 Å². The lowest BCUT2D eigenvalue weighted by atomic mass is 10.3. The Kier molecular flexibility index (Phi) is 3.61. The van der Waals surface area contributed by atoms with Crippen molar-refractivity contribution >= 4 is 0 Å². The van der Waals surface area contributed by atoms with Crippen LogP contribution in [0.4, 0.5) is 13.2 Å². The fraction of sp³-hybridized carbons (Fsp3) is 0.250. The minimum Gasteiger partial charge on any atom is -0.464 e. The van der Waals surface area contributed by atoms with Gasteiger partial charge in [-0.1, -0.05) is 5.92 Å². The summed E-state index contributed by atoms with van der Waals surface area (Å²) >= 11 is 0. The molecule has 0 aliphatic carbocycles. The quantitative estimate of drug-likeness (QED) is 0.808. The Hall–Kier alpha value is -2.56. The van der Waals surface area contributed by atoms with Gasteiger partial charge in [-0.15, -0.1) is 6.42 Å². The second-order valence-electron chi connectivity index (χ2n) is 3.79. The molecule has 8 heteroatoms. The van der Waals surface area contributed by atoms with Crippen molar-refractivity contribution in [2.75, 3.05) is 6.61 Å². The molecule has 2 rings (SSSR count). The summed E-state index contributed by atoms with van der Waals surface area (Å²) in [6.45, 7) is 1.49. The molecular formula is C12H9F3N4O. The second kappa shape index (κ2) is 5.21. The Morgan fingerprint density at radius 2 is 2.10 bits per heavy atom. The van der Waals surface area contributed by atoms with E-state index in [1.165, 1.54) is 13.0 Å². The maximum atomic E-state index is 12.6. The highest BCUT2D eigenvalue weighted by atomic mass is 19.4. The van der Waals surface area contributed by atoms with Gasteiger partial charge in [-0.25, -0.2) is 14.6 Å². The topological polar surface area (TPSA) is 52.8 Å². The standard InChI is InChI=1S/C12H9F3N4O/c1-3-4-20-11-6-10(16-7-17-11)19-8(2)5-9(18-19)12(13,14)15/h1,5-7H,4H2,2H3. The molecule has 0 fully saturated rings. The van der Waals surface area contributed by atoms with E-state index in [0.29, 0.717) is 5.69 Å². The Bertz CT molecular complexity index is 657. The van der Waals surface area contributed by atoms with Gasteiger partial charge >= 0.3 is 6.18 Å². The van der Waals surface area contributed by atoms with Crippen molar-refractivity contribution < 1.29 is 17.9 Å². The Morgan fingerprint density at radius 1 is 1.35 bits per heavy atom. The first-order valence-corrected chi connectivity index (χ1v) is 5.44. The van der Waals surface area contributed by atoms with Gasteiger partial charge in [-0.3, -0.25) is 0 Å². The van der Waals surface area contributed by atoms with Gasteiger partial charge in [0.2, 0.25) is 5.88 Å². The van der Waals surface area contributed by atoms with Crippen molar-refractivity contribution in [3.05, 3.63) is 29.8 Å². The molecule has 0 aliphatic rings. The predicted molar refractivity (Wildman–Crippen MR) is 63.2 cm³/mol. The molecule has 20 heavy (non-hydrogen) atoms. The van der Waals surface area contributed by atoms with E-state index in [2.05, 4.69) is 21.0 Å².